The molecule has 3 heteroatoms. The number of fused-ring (bicyclic) bond motifs is 2. The van der Waals surface area contributed by atoms with Gasteiger partial charge in [-0.1, -0.05) is 25.1 Å². The zero-order valence-electron chi connectivity index (χ0n) is 14.3. The molecule has 1 aliphatic carbocycles. The third kappa shape index (κ3) is 1.54. The molecule has 2 bridgehead atoms. The van der Waals surface area contributed by atoms with Crippen LogP contribution in [0.1, 0.15) is 31.7 Å². The highest BCUT2D eigenvalue weighted by Crippen LogP contribution is 2.63. The molecule has 1 unspecified atom stereocenters. The second kappa shape index (κ2) is 4.52. The van der Waals surface area contributed by atoms with Crippen molar-refractivity contribution in [2.75, 3.05) is 32.1 Å². The van der Waals surface area contributed by atoms with Gasteiger partial charge in [-0.2, -0.15) is 0 Å². The highest BCUT2D eigenvalue weighted by atomic mass is 16.3. The van der Waals surface area contributed by atoms with Crippen molar-refractivity contribution in [1.82, 2.24) is 0 Å². The molecule has 4 aliphatic rings. The van der Waals surface area contributed by atoms with Crippen LogP contribution in [0, 0.1) is 17.8 Å². The van der Waals surface area contributed by atoms with Crippen molar-refractivity contribution in [1.29, 1.82) is 0 Å². The van der Waals surface area contributed by atoms with E-state index in [1.165, 1.54) is 42.5 Å². The fourth-order valence-electron chi connectivity index (χ4n) is 7.21. The Balaban J connectivity index is 1.71. The first-order valence-corrected chi connectivity index (χ1v) is 9.45. The number of benzene rings is 1. The average molecular weight is 313 g/mol. The Morgan fingerprint density at radius 2 is 2.17 bits per heavy atom. The number of anilines is 1. The lowest BCUT2D eigenvalue weighted by atomic mass is 9.54. The summed E-state index contributed by atoms with van der Waals surface area (Å²) >= 11 is 0. The Morgan fingerprint density at radius 3 is 2.96 bits per heavy atom. The molecule has 7 atom stereocenters. The van der Waals surface area contributed by atoms with Crippen molar-refractivity contribution in [3.63, 3.8) is 0 Å². The predicted molar refractivity (Wildman–Crippen MR) is 92.3 cm³/mol. The van der Waals surface area contributed by atoms with E-state index in [0.717, 1.165) is 12.0 Å². The summed E-state index contributed by atoms with van der Waals surface area (Å²) < 4.78 is 1.26. The number of hydrogen-bond donors (Lipinski definition) is 2. The van der Waals surface area contributed by atoms with E-state index < -0.39 is 0 Å². The number of nitrogens with zero attached hydrogens (tertiary/aromatic N) is 1. The van der Waals surface area contributed by atoms with Crippen LogP contribution in [-0.4, -0.2) is 48.4 Å². The lowest BCUT2D eigenvalue weighted by Crippen LogP contribution is -2.69. The first-order valence-electron chi connectivity index (χ1n) is 9.45. The van der Waals surface area contributed by atoms with E-state index in [1.807, 2.05) is 0 Å². The zero-order valence-corrected chi connectivity index (χ0v) is 14.3. The predicted octanol–water partition coefficient (Wildman–Crippen LogP) is 2.61. The third-order valence-corrected chi connectivity index (χ3v) is 8.14. The van der Waals surface area contributed by atoms with E-state index in [-0.39, 0.29) is 5.41 Å². The van der Waals surface area contributed by atoms with Gasteiger partial charge in [0.05, 0.1) is 25.6 Å². The van der Waals surface area contributed by atoms with E-state index in [9.17, 15) is 5.11 Å². The van der Waals surface area contributed by atoms with Gasteiger partial charge in [-0.3, -0.25) is 0 Å². The Morgan fingerprint density at radius 1 is 1.35 bits per heavy atom. The van der Waals surface area contributed by atoms with Gasteiger partial charge in [0.2, 0.25) is 0 Å². The number of nitrogens with one attached hydrogen (secondary N) is 1. The summed E-state index contributed by atoms with van der Waals surface area (Å²) in [6.45, 7) is 5.31. The smallest absolute Gasteiger partial charge is 0.101 e. The largest absolute Gasteiger partial charge is 0.396 e. The first-order chi connectivity index (χ1) is 11.1. The van der Waals surface area contributed by atoms with E-state index in [2.05, 4.69) is 43.6 Å². The van der Waals surface area contributed by atoms with Gasteiger partial charge in [-0.05, 0) is 24.0 Å². The zero-order chi connectivity index (χ0) is 15.8. The fourth-order valence-corrected chi connectivity index (χ4v) is 7.21. The van der Waals surface area contributed by atoms with E-state index in [0.29, 0.717) is 24.5 Å². The molecule has 1 aromatic carbocycles. The minimum absolute atomic E-state index is 0.258. The molecule has 3 fully saturated rings. The summed E-state index contributed by atoms with van der Waals surface area (Å²) in [5.41, 5.74) is 3.14. The average Bonchev–Trinajstić information content (AvgIpc) is 3.08. The highest BCUT2D eigenvalue weighted by molar-refractivity contribution is 5.64. The molecule has 2 N–H and O–H groups in total. The molecule has 3 heterocycles. The second-order valence-corrected chi connectivity index (χ2v) is 8.77. The van der Waals surface area contributed by atoms with Gasteiger partial charge in [0.15, 0.2) is 0 Å². The molecule has 0 amide bonds. The molecule has 0 aromatic heterocycles. The number of aliphatic hydroxyl groups is 1. The van der Waals surface area contributed by atoms with Crippen LogP contribution in [0.2, 0.25) is 0 Å². The number of likely N-dealkylation sites (N-methyl/N-ethyl adjacent to an activating group) is 1. The van der Waals surface area contributed by atoms with Gasteiger partial charge in [0.1, 0.15) is 6.04 Å². The molecule has 2 saturated heterocycles. The van der Waals surface area contributed by atoms with Gasteiger partial charge >= 0.3 is 0 Å². The molecule has 1 aromatic rings. The SMILES string of the molecule is CC[C@@H]1C[N+]2(C)CC[C@]34c5ccccc5N[C@H]3[C@@H](CO)[C@H]1C[C@@H]42. The van der Waals surface area contributed by atoms with Gasteiger partial charge in [-0.15, -0.1) is 0 Å². The number of para-hydroxylation sites is 1. The summed E-state index contributed by atoms with van der Waals surface area (Å²) in [7, 11) is 2.51. The molecule has 23 heavy (non-hydrogen) atoms. The number of rotatable bonds is 2. The maximum atomic E-state index is 10.3. The number of piperidine rings is 1. The summed E-state index contributed by atoms with van der Waals surface area (Å²) in [6, 6.07) is 10.1. The molecule has 3 nitrogen and oxygen atoms in total. The quantitative estimate of drug-likeness (QED) is 0.823. The minimum atomic E-state index is 0.258. The van der Waals surface area contributed by atoms with Crippen LogP contribution in [0.4, 0.5) is 5.69 Å². The normalized spacial score (nSPS) is 49.4. The standard InChI is InChI=1S/C20H29N2O/c1-3-13-11-22(2)9-8-20-16-6-4-5-7-17(16)21-19(20)15(12-23)14(13)10-18(20)22/h4-7,13-15,18-19,21,23H,3,8-12H2,1-2H3/q+1/t13-,14+,15+,18+,19+,20-,22?/m1/s1. The Labute approximate surface area is 139 Å². The first kappa shape index (κ1) is 14.3. The molecule has 1 spiro atoms. The summed E-state index contributed by atoms with van der Waals surface area (Å²) in [5, 5.41) is 14.2. The Bertz CT molecular complexity index is 646. The maximum Gasteiger partial charge on any atom is 0.101 e. The maximum absolute atomic E-state index is 10.3. The van der Waals surface area contributed by atoms with Crippen molar-refractivity contribution >= 4 is 5.69 Å². The van der Waals surface area contributed by atoms with Crippen molar-refractivity contribution in [2.24, 2.45) is 17.8 Å². The van der Waals surface area contributed by atoms with Crippen LogP contribution in [0.15, 0.2) is 24.3 Å². The molecule has 0 radical (unpaired) electrons. The van der Waals surface area contributed by atoms with Crippen LogP contribution in [0.25, 0.3) is 0 Å². The minimum Gasteiger partial charge on any atom is -0.396 e. The van der Waals surface area contributed by atoms with Gasteiger partial charge in [0, 0.05) is 43.0 Å². The molecule has 3 aliphatic heterocycles. The van der Waals surface area contributed by atoms with Crippen molar-refractivity contribution < 1.29 is 9.59 Å². The van der Waals surface area contributed by atoms with Gasteiger partial charge in [0.25, 0.3) is 0 Å². The van der Waals surface area contributed by atoms with Crippen LogP contribution < -0.4 is 5.32 Å². The second-order valence-electron chi connectivity index (χ2n) is 8.77. The third-order valence-electron chi connectivity index (χ3n) is 8.14. The van der Waals surface area contributed by atoms with Crippen molar-refractivity contribution in [3.05, 3.63) is 29.8 Å². The molecular formula is C20H29N2O+. The van der Waals surface area contributed by atoms with E-state index in [4.69, 9.17) is 0 Å². The molecule has 124 valence electrons. The van der Waals surface area contributed by atoms with Crippen LogP contribution in [0.5, 0.6) is 0 Å². The number of quaternary nitrogens is 1. The topological polar surface area (TPSA) is 32.3 Å². The van der Waals surface area contributed by atoms with Gasteiger partial charge < -0.3 is 14.9 Å². The van der Waals surface area contributed by atoms with E-state index in [1.54, 1.807) is 5.56 Å². The van der Waals surface area contributed by atoms with Gasteiger partial charge in [-0.25, -0.2) is 0 Å². The lowest BCUT2D eigenvalue weighted by molar-refractivity contribution is -0.934. The Kier molecular flexibility index (Phi) is 2.81. The van der Waals surface area contributed by atoms with E-state index >= 15 is 0 Å². The number of aliphatic hydroxyl groups excluding tert-OH is 1. The summed E-state index contributed by atoms with van der Waals surface area (Å²) in [4.78, 5) is 0. The highest BCUT2D eigenvalue weighted by Gasteiger charge is 2.71. The monoisotopic (exact) mass is 313 g/mol. The molecular weight excluding hydrogens is 284 g/mol. The molecule has 5 rings (SSSR count). The fraction of sp³-hybridized carbons (Fsp3) is 0.700. The Hall–Kier alpha value is -1.06. The van der Waals surface area contributed by atoms with Crippen LogP contribution in [0.3, 0.4) is 0 Å². The lowest BCUT2D eigenvalue weighted by Gasteiger charge is -2.58. The summed E-state index contributed by atoms with van der Waals surface area (Å²) in [6.07, 6.45) is 3.85. The van der Waals surface area contributed by atoms with Crippen LogP contribution >= 0.6 is 0 Å². The number of hydrogen-bond acceptors (Lipinski definition) is 2. The van der Waals surface area contributed by atoms with Crippen molar-refractivity contribution in [2.45, 2.75) is 43.7 Å². The summed E-state index contributed by atoms with van der Waals surface area (Å²) in [5.74, 6) is 1.88. The van der Waals surface area contributed by atoms with Crippen molar-refractivity contribution in [3.8, 4) is 0 Å². The van der Waals surface area contributed by atoms with Crippen LogP contribution in [-0.2, 0) is 5.41 Å². The molecule has 1 saturated carbocycles.